The number of allylic oxidation sites excluding steroid dienone is 1. The van der Waals surface area contributed by atoms with E-state index >= 15 is 0 Å². The van der Waals surface area contributed by atoms with Crippen molar-refractivity contribution < 1.29 is 24.2 Å². The van der Waals surface area contributed by atoms with Crippen LogP contribution in [0.15, 0.2) is 47.1 Å². The molecule has 0 aromatic heterocycles. The summed E-state index contributed by atoms with van der Waals surface area (Å²) >= 11 is 0. The Hall–Kier alpha value is -2.14. The Morgan fingerprint density at radius 3 is 2.76 bits per heavy atom. The third-order valence-electron chi connectivity index (χ3n) is 4.84. The highest BCUT2D eigenvalue weighted by Crippen LogP contribution is 2.36. The van der Waals surface area contributed by atoms with Gasteiger partial charge in [-0.3, -0.25) is 0 Å². The van der Waals surface area contributed by atoms with Crippen LogP contribution in [0.25, 0.3) is 0 Å². The van der Waals surface area contributed by atoms with Crippen LogP contribution in [0.1, 0.15) is 40.5 Å². The zero-order chi connectivity index (χ0) is 18.7. The van der Waals surface area contributed by atoms with E-state index < -0.39 is 36.2 Å². The number of carbonyl (C=O) groups excluding carboxylic acids is 2. The van der Waals surface area contributed by atoms with Gasteiger partial charge in [0.25, 0.3) is 0 Å². The molecule has 0 aromatic carbocycles. The minimum absolute atomic E-state index is 0.299. The van der Waals surface area contributed by atoms with E-state index in [-0.39, 0.29) is 0 Å². The van der Waals surface area contributed by atoms with Gasteiger partial charge in [-0.2, -0.15) is 0 Å². The molecule has 0 saturated carbocycles. The number of aliphatic hydroxyl groups is 1. The molecule has 5 nitrogen and oxygen atoms in total. The van der Waals surface area contributed by atoms with E-state index in [0.717, 1.165) is 11.1 Å². The Morgan fingerprint density at radius 1 is 1.44 bits per heavy atom. The van der Waals surface area contributed by atoms with Crippen molar-refractivity contribution >= 4 is 11.9 Å². The predicted octanol–water partition coefficient (Wildman–Crippen LogP) is 3.01. The summed E-state index contributed by atoms with van der Waals surface area (Å²) in [4.78, 5) is 24.3. The predicted molar refractivity (Wildman–Crippen MR) is 94.6 cm³/mol. The fourth-order valence-corrected chi connectivity index (χ4v) is 3.04. The number of ether oxygens (including phenoxy) is 2. The fraction of sp³-hybridized carbons (Fsp3) is 0.500. The first-order valence-electron chi connectivity index (χ1n) is 8.50. The molecule has 1 N–H and O–H groups in total. The minimum Gasteiger partial charge on any atom is -0.458 e. The van der Waals surface area contributed by atoms with Crippen molar-refractivity contribution in [2.75, 3.05) is 0 Å². The molecule has 0 spiro atoms. The first-order chi connectivity index (χ1) is 11.7. The van der Waals surface area contributed by atoms with Crippen molar-refractivity contribution in [3.63, 3.8) is 0 Å². The fourth-order valence-electron chi connectivity index (χ4n) is 3.04. The zero-order valence-corrected chi connectivity index (χ0v) is 15.2. The minimum atomic E-state index is -0.632. The van der Waals surface area contributed by atoms with Crippen LogP contribution in [0.2, 0.25) is 0 Å². The second-order valence-corrected chi connectivity index (χ2v) is 6.75. The van der Waals surface area contributed by atoms with Gasteiger partial charge in [0.15, 0.2) is 0 Å². The van der Waals surface area contributed by atoms with Gasteiger partial charge in [0, 0.05) is 17.6 Å². The Morgan fingerprint density at radius 2 is 2.12 bits per heavy atom. The third-order valence-corrected chi connectivity index (χ3v) is 4.84. The number of carbonyl (C=O) groups is 2. The maximum atomic E-state index is 12.3. The van der Waals surface area contributed by atoms with Crippen molar-refractivity contribution in [2.24, 2.45) is 5.92 Å². The van der Waals surface area contributed by atoms with Gasteiger partial charge in [-0.05, 0) is 45.8 Å². The van der Waals surface area contributed by atoms with Gasteiger partial charge < -0.3 is 14.6 Å². The van der Waals surface area contributed by atoms with E-state index in [0.29, 0.717) is 24.0 Å². The van der Waals surface area contributed by atoms with E-state index in [9.17, 15) is 14.7 Å². The largest absolute Gasteiger partial charge is 0.458 e. The van der Waals surface area contributed by atoms with Crippen LogP contribution in [0.5, 0.6) is 0 Å². The first kappa shape index (κ1) is 19.2. The van der Waals surface area contributed by atoms with Gasteiger partial charge in [0.1, 0.15) is 12.2 Å². The lowest BCUT2D eigenvalue weighted by Gasteiger charge is -2.28. The molecule has 0 amide bonds. The summed E-state index contributed by atoms with van der Waals surface area (Å²) in [6.45, 7) is 11.0. The van der Waals surface area contributed by atoms with Gasteiger partial charge in [-0.1, -0.05) is 24.3 Å². The Kier molecular flexibility index (Phi) is 6.01. The summed E-state index contributed by atoms with van der Waals surface area (Å²) in [7, 11) is 0. The molecule has 136 valence electrons. The molecule has 2 rings (SSSR count). The molecule has 1 saturated heterocycles. The summed E-state index contributed by atoms with van der Waals surface area (Å²) in [5.41, 5.74) is 2.51. The van der Waals surface area contributed by atoms with Crippen molar-refractivity contribution in [1.29, 1.82) is 0 Å². The van der Waals surface area contributed by atoms with Crippen molar-refractivity contribution in [3.05, 3.63) is 47.1 Å². The van der Waals surface area contributed by atoms with Gasteiger partial charge in [0.2, 0.25) is 0 Å². The smallest absolute Gasteiger partial charge is 0.334 e. The Balaban J connectivity index is 2.42. The molecule has 0 aromatic rings. The summed E-state index contributed by atoms with van der Waals surface area (Å²) in [5.74, 6) is -1.37. The highest BCUT2D eigenvalue weighted by molar-refractivity contribution is 5.92. The molecular formula is C20H26O5. The third kappa shape index (κ3) is 4.28. The standard InChI is InChI=1S/C20H26O5/c1-6-12(3)19(22)24-16-9-11(2)7-8-15(21)13(4)10-17-18(16)14(5)20(23)25-17/h6-7,10,15-18,21H,5,8-9H2,1-4H3/b11-7+,12-6+,13-10?/t15-,16-,17+,18+/m0/s1. The normalized spacial score (nSPS) is 32.9. The second kappa shape index (κ2) is 7.83. The first-order valence-corrected chi connectivity index (χ1v) is 8.50. The Bertz CT molecular complexity index is 668. The lowest BCUT2D eigenvalue weighted by atomic mass is 9.85. The molecule has 0 radical (unpaired) electrons. The molecule has 5 heteroatoms. The maximum absolute atomic E-state index is 12.3. The molecule has 0 bridgehead atoms. The molecule has 2 aliphatic rings. The van der Waals surface area contributed by atoms with Crippen molar-refractivity contribution in [3.8, 4) is 0 Å². The summed E-state index contributed by atoms with van der Waals surface area (Å²) < 4.78 is 11.1. The van der Waals surface area contributed by atoms with Crippen LogP contribution >= 0.6 is 0 Å². The lowest BCUT2D eigenvalue weighted by molar-refractivity contribution is -0.147. The maximum Gasteiger partial charge on any atom is 0.334 e. The number of fused-ring (bicyclic) bond motifs is 1. The van der Waals surface area contributed by atoms with Gasteiger partial charge in [-0.15, -0.1) is 0 Å². The van der Waals surface area contributed by atoms with Gasteiger partial charge >= 0.3 is 11.9 Å². The zero-order valence-electron chi connectivity index (χ0n) is 15.2. The number of rotatable bonds is 2. The molecule has 1 aliphatic heterocycles. The number of hydrogen-bond donors (Lipinski definition) is 1. The van der Waals surface area contributed by atoms with E-state index in [1.807, 2.05) is 13.0 Å². The van der Waals surface area contributed by atoms with E-state index in [1.54, 1.807) is 32.9 Å². The number of aliphatic hydroxyl groups excluding tert-OH is 1. The number of esters is 2. The van der Waals surface area contributed by atoms with Crippen LogP contribution in [-0.2, 0) is 19.1 Å². The van der Waals surface area contributed by atoms with Gasteiger partial charge in [-0.25, -0.2) is 9.59 Å². The molecule has 1 heterocycles. The molecular weight excluding hydrogens is 320 g/mol. The molecule has 1 aliphatic carbocycles. The van der Waals surface area contributed by atoms with Crippen LogP contribution in [0.3, 0.4) is 0 Å². The van der Waals surface area contributed by atoms with E-state index in [4.69, 9.17) is 9.47 Å². The summed E-state index contributed by atoms with van der Waals surface area (Å²) in [6, 6.07) is 0. The Labute approximate surface area is 148 Å². The monoisotopic (exact) mass is 346 g/mol. The quantitative estimate of drug-likeness (QED) is 0.473. The van der Waals surface area contributed by atoms with E-state index in [1.165, 1.54) is 0 Å². The summed E-state index contributed by atoms with van der Waals surface area (Å²) in [6.07, 6.45) is 4.51. The SMILES string of the molecule is C=C1C(=O)O[C@@H]2C=C(C)[C@@H](O)C/C=C(\C)C[C@H](OC(=O)/C(C)=C/C)[C@@H]12. The highest BCUT2D eigenvalue weighted by atomic mass is 16.6. The molecule has 0 unspecified atom stereocenters. The lowest BCUT2D eigenvalue weighted by Crippen LogP contribution is -2.34. The highest BCUT2D eigenvalue weighted by Gasteiger charge is 2.44. The van der Waals surface area contributed by atoms with Crippen molar-refractivity contribution in [2.45, 2.75) is 58.8 Å². The summed E-state index contributed by atoms with van der Waals surface area (Å²) in [5, 5.41) is 10.2. The molecule has 4 atom stereocenters. The number of hydrogen-bond acceptors (Lipinski definition) is 5. The molecule has 1 fully saturated rings. The van der Waals surface area contributed by atoms with Crippen LogP contribution in [-0.4, -0.2) is 35.4 Å². The van der Waals surface area contributed by atoms with Crippen LogP contribution in [0.4, 0.5) is 0 Å². The van der Waals surface area contributed by atoms with Crippen LogP contribution < -0.4 is 0 Å². The van der Waals surface area contributed by atoms with Gasteiger partial charge in [0.05, 0.1) is 12.0 Å². The molecule has 25 heavy (non-hydrogen) atoms. The van der Waals surface area contributed by atoms with E-state index in [2.05, 4.69) is 6.58 Å². The van der Waals surface area contributed by atoms with Crippen LogP contribution in [0, 0.1) is 5.92 Å². The average Bonchev–Trinajstić information content (AvgIpc) is 2.84. The van der Waals surface area contributed by atoms with Crippen molar-refractivity contribution in [1.82, 2.24) is 0 Å². The topological polar surface area (TPSA) is 72.8 Å². The average molecular weight is 346 g/mol. The second-order valence-electron chi connectivity index (χ2n) is 6.75.